The van der Waals surface area contributed by atoms with Crippen LogP contribution in [-0.2, 0) is 0 Å². The molecule has 3 rings (SSSR count). The highest BCUT2D eigenvalue weighted by molar-refractivity contribution is 5.48. The molecule has 1 heterocycles. The molecule has 0 aromatic heterocycles. The molecule has 2 aromatic rings. The lowest BCUT2D eigenvalue weighted by atomic mass is 10.2. The highest BCUT2D eigenvalue weighted by atomic mass is 19.1. The average molecular weight is 360 g/mol. The third-order valence-electron chi connectivity index (χ3n) is 4.54. The molecule has 140 valence electrons. The van der Waals surface area contributed by atoms with Gasteiger partial charge in [-0.1, -0.05) is 12.1 Å². The molecular weight excluding hydrogens is 335 g/mol. The normalized spacial score (nSPS) is 16.3. The van der Waals surface area contributed by atoms with Gasteiger partial charge in [0.1, 0.15) is 30.0 Å². The van der Waals surface area contributed by atoms with Gasteiger partial charge >= 0.3 is 0 Å². The fraction of sp³-hybridized carbons (Fsp3) is 0.400. The minimum atomic E-state index is -0.572. The molecule has 1 N–H and O–H groups in total. The molecular formula is C20H25FN2O3. The van der Waals surface area contributed by atoms with Crippen LogP contribution in [0.3, 0.4) is 0 Å². The molecule has 5 nitrogen and oxygen atoms in total. The summed E-state index contributed by atoms with van der Waals surface area (Å²) >= 11 is 0. The number of rotatable bonds is 7. The summed E-state index contributed by atoms with van der Waals surface area (Å²) in [4.78, 5) is 4.23. The average Bonchev–Trinajstić information content (AvgIpc) is 2.68. The van der Waals surface area contributed by atoms with E-state index in [-0.39, 0.29) is 12.4 Å². The number of hydrogen-bond acceptors (Lipinski definition) is 5. The van der Waals surface area contributed by atoms with Gasteiger partial charge in [0.25, 0.3) is 0 Å². The van der Waals surface area contributed by atoms with E-state index in [0.717, 1.165) is 31.9 Å². The smallest absolute Gasteiger partial charge is 0.146 e. The molecule has 26 heavy (non-hydrogen) atoms. The predicted octanol–water partition coefficient (Wildman–Crippen LogP) is 2.40. The number of anilines is 1. The quantitative estimate of drug-likeness (QED) is 0.822. The minimum Gasteiger partial charge on any atom is -0.497 e. The van der Waals surface area contributed by atoms with Crippen LogP contribution in [-0.4, -0.2) is 62.6 Å². The number of β-amino-alcohol motifs (C(OH)–C–C–N with tert-alkyl or cyclic N) is 1. The van der Waals surface area contributed by atoms with Gasteiger partial charge in [0.15, 0.2) is 0 Å². The summed E-state index contributed by atoms with van der Waals surface area (Å²) in [7, 11) is 1.62. The zero-order chi connectivity index (χ0) is 18.4. The van der Waals surface area contributed by atoms with Gasteiger partial charge in [-0.2, -0.15) is 0 Å². The lowest BCUT2D eigenvalue weighted by Gasteiger charge is -2.36. The van der Waals surface area contributed by atoms with Crippen molar-refractivity contribution in [2.45, 2.75) is 6.10 Å². The van der Waals surface area contributed by atoms with Gasteiger partial charge in [-0.3, -0.25) is 4.90 Å². The van der Waals surface area contributed by atoms with Gasteiger partial charge in [0.2, 0.25) is 0 Å². The largest absolute Gasteiger partial charge is 0.497 e. The topological polar surface area (TPSA) is 45.2 Å². The van der Waals surface area contributed by atoms with Crippen molar-refractivity contribution < 1.29 is 19.0 Å². The Morgan fingerprint density at radius 2 is 1.65 bits per heavy atom. The van der Waals surface area contributed by atoms with Gasteiger partial charge in [-0.05, 0) is 36.4 Å². The number of ether oxygens (including phenoxy) is 2. The Bertz CT molecular complexity index is 688. The van der Waals surface area contributed by atoms with Crippen molar-refractivity contribution in [3.05, 3.63) is 54.3 Å². The van der Waals surface area contributed by atoms with E-state index in [1.54, 1.807) is 13.2 Å². The number of methoxy groups -OCH3 is 1. The first-order chi connectivity index (χ1) is 12.7. The molecule has 2 aromatic carbocycles. The van der Waals surface area contributed by atoms with Gasteiger partial charge in [-0.25, -0.2) is 4.39 Å². The molecule has 0 amide bonds. The van der Waals surface area contributed by atoms with Crippen molar-refractivity contribution in [2.75, 3.05) is 51.3 Å². The Labute approximate surface area is 153 Å². The van der Waals surface area contributed by atoms with Gasteiger partial charge in [-0.15, -0.1) is 0 Å². The van der Waals surface area contributed by atoms with E-state index >= 15 is 0 Å². The Kier molecular flexibility index (Phi) is 6.30. The maximum Gasteiger partial charge on any atom is 0.146 e. The SMILES string of the molecule is COc1ccc(OC[C@H](O)CN2CCN(c3ccccc3F)CC2)cc1. The first-order valence-electron chi connectivity index (χ1n) is 8.82. The van der Waals surface area contributed by atoms with Crippen LogP contribution < -0.4 is 14.4 Å². The zero-order valence-corrected chi connectivity index (χ0v) is 15.0. The number of benzene rings is 2. The number of para-hydroxylation sites is 1. The first kappa shape index (κ1) is 18.5. The van der Waals surface area contributed by atoms with Crippen LogP contribution in [0.2, 0.25) is 0 Å². The van der Waals surface area contributed by atoms with Crippen molar-refractivity contribution in [3.63, 3.8) is 0 Å². The third-order valence-corrected chi connectivity index (χ3v) is 4.54. The molecule has 1 saturated heterocycles. The summed E-state index contributed by atoms with van der Waals surface area (Å²) in [5.41, 5.74) is 0.649. The van der Waals surface area contributed by atoms with Crippen LogP contribution in [0.25, 0.3) is 0 Å². The van der Waals surface area contributed by atoms with Crippen molar-refractivity contribution in [3.8, 4) is 11.5 Å². The second kappa shape index (κ2) is 8.87. The molecule has 0 saturated carbocycles. The maximum atomic E-state index is 13.9. The van der Waals surface area contributed by atoms with Gasteiger partial charge in [0.05, 0.1) is 12.8 Å². The molecule has 0 bridgehead atoms. The van der Waals surface area contributed by atoms with Gasteiger partial charge in [0, 0.05) is 32.7 Å². The lowest BCUT2D eigenvalue weighted by Crippen LogP contribution is -2.49. The van der Waals surface area contributed by atoms with Crippen LogP contribution in [0.5, 0.6) is 11.5 Å². The molecule has 0 spiro atoms. The molecule has 1 aliphatic heterocycles. The maximum absolute atomic E-state index is 13.9. The zero-order valence-electron chi connectivity index (χ0n) is 15.0. The Morgan fingerprint density at radius 3 is 2.31 bits per heavy atom. The van der Waals surface area contributed by atoms with E-state index in [4.69, 9.17) is 9.47 Å². The molecule has 0 aliphatic carbocycles. The van der Waals surface area contributed by atoms with E-state index in [1.165, 1.54) is 6.07 Å². The van der Waals surface area contributed by atoms with E-state index in [2.05, 4.69) is 4.90 Å². The second-order valence-electron chi connectivity index (χ2n) is 6.38. The summed E-state index contributed by atoms with van der Waals surface area (Å²) < 4.78 is 24.6. The number of piperazine rings is 1. The first-order valence-corrected chi connectivity index (χ1v) is 8.82. The van der Waals surface area contributed by atoms with Crippen LogP contribution in [0, 0.1) is 5.82 Å². The van der Waals surface area contributed by atoms with Crippen molar-refractivity contribution in [1.29, 1.82) is 0 Å². The number of nitrogens with zero attached hydrogens (tertiary/aromatic N) is 2. The van der Waals surface area contributed by atoms with Crippen LogP contribution in [0.4, 0.5) is 10.1 Å². The van der Waals surface area contributed by atoms with E-state index < -0.39 is 6.10 Å². The molecule has 1 atom stereocenters. The van der Waals surface area contributed by atoms with Crippen LogP contribution in [0.15, 0.2) is 48.5 Å². The molecule has 1 fully saturated rings. The minimum absolute atomic E-state index is 0.186. The summed E-state index contributed by atoms with van der Waals surface area (Å²) in [6.45, 7) is 3.84. The summed E-state index contributed by atoms with van der Waals surface area (Å²) in [6.07, 6.45) is -0.572. The summed E-state index contributed by atoms with van der Waals surface area (Å²) in [6, 6.07) is 14.1. The third kappa shape index (κ3) is 4.86. The number of aliphatic hydroxyl groups is 1. The van der Waals surface area contributed by atoms with Crippen molar-refractivity contribution >= 4 is 5.69 Å². The highest BCUT2D eigenvalue weighted by Gasteiger charge is 2.21. The molecule has 0 unspecified atom stereocenters. The Hall–Kier alpha value is -2.31. The van der Waals surface area contributed by atoms with E-state index in [1.807, 2.05) is 41.3 Å². The second-order valence-corrected chi connectivity index (χ2v) is 6.38. The van der Waals surface area contributed by atoms with Crippen LogP contribution in [0.1, 0.15) is 0 Å². The Balaban J connectivity index is 1.41. The fourth-order valence-electron chi connectivity index (χ4n) is 3.09. The fourth-order valence-corrected chi connectivity index (χ4v) is 3.09. The predicted molar refractivity (Wildman–Crippen MR) is 99.5 cm³/mol. The van der Waals surface area contributed by atoms with Gasteiger partial charge < -0.3 is 19.5 Å². The van der Waals surface area contributed by atoms with E-state index in [9.17, 15) is 9.50 Å². The number of aliphatic hydroxyl groups excluding tert-OH is 1. The standard InChI is InChI=1S/C20H25FN2O3/c1-25-17-6-8-18(9-7-17)26-15-16(24)14-22-10-12-23(13-11-22)20-5-3-2-4-19(20)21/h2-9,16,24H,10-15H2,1H3/t16-/m1/s1. The number of halogens is 1. The lowest BCUT2D eigenvalue weighted by molar-refractivity contribution is 0.0662. The molecule has 6 heteroatoms. The Morgan fingerprint density at radius 1 is 1.00 bits per heavy atom. The molecule has 0 radical (unpaired) electrons. The number of hydrogen-bond donors (Lipinski definition) is 1. The monoisotopic (exact) mass is 360 g/mol. The van der Waals surface area contributed by atoms with Crippen molar-refractivity contribution in [2.24, 2.45) is 0 Å². The van der Waals surface area contributed by atoms with E-state index in [0.29, 0.717) is 18.0 Å². The highest BCUT2D eigenvalue weighted by Crippen LogP contribution is 2.20. The summed E-state index contributed by atoms with van der Waals surface area (Å²) in [5, 5.41) is 10.2. The van der Waals surface area contributed by atoms with Crippen molar-refractivity contribution in [1.82, 2.24) is 4.90 Å². The van der Waals surface area contributed by atoms with Crippen LogP contribution >= 0.6 is 0 Å². The molecule has 1 aliphatic rings. The summed E-state index contributed by atoms with van der Waals surface area (Å²) in [5.74, 6) is 1.29.